The Bertz CT molecular complexity index is 838. The predicted molar refractivity (Wildman–Crippen MR) is 87.0 cm³/mol. The summed E-state index contributed by atoms with van der Waals surface area (Å²) < 4.78 is 13.8. The smallest absolute Gasteiger partial charge is 0.184 e. The molecule has 0 spiro atoms. The second kappa shape index (κ2) is 5.64. The van der Waals surface area contributed by atoms with Crippen molar-refractivity contribution in [1.29, 1.82) is 0 Å². The third-order valence-corrected chi connectivity index (χ3v) is 3.82. The number of rotatable bonds is 4. The van der Waals surface area contributed by atoms with Crippen LogP contribution < -0.4 is 4.90 Å². The molecule has 0 atom stereocenters. The fourth-order valence-corrected chi connectivity index (χ4v) is 2.78. The first-order valence-electron chi connectivity index (χ1n) is 7.14. The van der Waals surface area contributed by atoms with Crippen LogP contribution in [0.15, 0.2) is 48.5 Å². The average molecular weight is 296 g/mol. The van der Waals surface area contributed by atoms with E-state index in [4.69, 9.17) is 0 Å². The molecule has 0 bridgehead atoms. The molecule has 0 aliphatic rings. The van der Waals surface area contributed by atoms with Gasteiger partial charge in [-0.05, 0) is 25.1 Å². The summed E-state index contributed by atoms with van der Waals surface area (Å²) >= 11 is 0. The van der Waals surface area contributed by atoms with Crippen molar-refractivity contribution in [3.8, 4) is 0 Å². The Kier molecular flexibility index (Phi) is 3.67. The molecule has 0 unspecified atom stereocenters. The first kappa shape index (κ1) is 14.3. The second-order valence-corrected chi connectivity index (χ2v) is 5.40. The minimum atomic E-state index is -0.326. The zero-order valence-corrected chi connectivity index (χ0v) is 12.6. The first-order chi connectivity index (χ1) is 10.6. The van der Waals surface area contributed by atoms with Gasteiger partial charge in [0.05, 0.1) is 12.2 Å². The first-order valence-corrected chi connectivity index (χ1v) is 7.14. The van der Waals surface area contributed by atoms with Gasteiger partial charge in [0, 0.05) is 29.2 Å². The van der Waals surface area contributed by atoms with E-state index in [9.17, 15) is 9.18 Å². The highest BCUT2D eigenvalue weighted by molar-refractivity contribution is 6.10. The number of halogens is 1. The van der Waals surface area contributed by atoms with Gasteiger partial charge in [-0.2, -0.15) is 0 Å². The van der Waals surface area contributed by atoms with Crippen molar-refractivity contribution in [2.24, 2.45) is 0 Å². The number of carbonyl (C=O) groups excluding carboxylic acids is 1. The molecule has 0 aliphatic carbocycles. The maximum absolute atomic E-state index is 13.8. The average Bonchev–Trinajstić information content (AvgIpc) is 2.83. The number of hydrogen-bond donors (Lipinski definition) is 1. The summed E-state index contributed by atoms with van der Waals surface area (Å²) in [6.07, 6.45) is 0. The minimum absolute atomic E-state index is 0.0271. The van der Waals surface area contributed by atoms with Crippen molar-refractivity contribution in [3.05, 3.63) is 65.6 Å². The number of H-pyrrole nitrogens is 1. The number of hydrogen-bond acceptors (Lipinski definition) is 2. The summed E-state index contributed by atoms with van der Waals surface area (Å²) in [5, 5.41) is 0.909. The fourth-order valence-electron chi connectivity index (χ4n) is 2.78. The maximum atomic E-state index is 13.8. The van der Waals surface area contributed by atoms with E-state index in [1.807, 2.05) is 31.2 Å². The van der Waals surface area contributed by atoms with Gasteiger partial charge in [-0.1, -0.05) is 30.3 Å². The molecule has 1 N–H and O–H groups in total. The fraction of sp³-hybridized carbons (Fsp3) is 0.167. The van der Waals surface area contributed by atoms with E-state index in [1.165, 1.54) is 6.07 Å². The summed E-state index contributed by atoms with van der Waals surface area (Å²) in [7, 11) is 1.72. The lowest BCUT2D eigenvalue weighted by atomic mass is 10.1. The topological polar surface area (TPSA) is 36.1 Å². The Balaban J connectivity index is 1.91. The van der Waals surface area contributed by atoms with Gasteiger partial charge in [0.1, 0.15) is 5.82 Å². The van der Waals surface area contributed by atoms with E-state index in [0.29, 0.717) is 11.3 Å². The third-order valence-electron chi connectivity index (χ3n) is 3.82. The molecule has 2 aromatic carbocycles. The number of fused-ring (bicyclic) bond motifs is 1. The normalized spacial score (nSPS) is 10.9. The van der Waals surface area contributed by atoms with Crippen LogP contribution in [0.25, 0.3) is 10.9 Å². The third kappa shape index (κ3) is 2.48. The number of benzene rings is 2. The number of anilines is 1. The number of Topliss-reactive ketones (excluding diaryl/α,β-unsaturated/α-hetero) is 1. The van der Waals surface area contributed by atoms with Gasteiger partial charge >= 0.3 is 0 Å². The van der Waals surface area contributed by atoms with Crippen LogP contribution in [-0.4, -0.2) is 24.4 Å². The minimum Gasteiger partial charge on any atom is -0.365 e. The summed E-state index contributed by atoms with van der Waals surface area (Å²) in [5.41, 5.74) is 2.89. The number of carbonyl (C=O) groups is 1. The van der Waals surface area contributed by atoms with Crippen LogP contribution in [0.3, 0.4) is 0 Å². The molecule has 1 aromatic heterocycles. The van der Waals surface area contributed by atoms with Gasteiger partial charge in [-0.25, -0.2) is 4.39 Å². The lowest BCUT2D eigenvalue weighted by Gasteiger charge is -2.19. The van der Waals surface area contributed by atoms with Gasteiger partial charge in [0.25, 0.3) is 0 Å². The van der Waals surface area contributed by atoms with E-state index in [1.54, 1.807) is 30.1 Å². The summed E-state index contributed by atoms with van der Waals surface area (Å²) in [5.74, 6) is -0.353. The lowest BCUT2D eigenvalue weighted by Crippen LogP contribution is -2.26. The van der Waals surface area contributed by atoms with Crippen LogP contribution in [0, 0.1) is 12.7 Å². The molecular weight excluding hydrogens is 279 g/mol. The molecule has 3 aromatic rings. The van der Waals surface area contributed by atoms with E-state index in [-0.39, 0.29) is 18.1 Å². The number of aromatic nitrogens is 1. The molecular formula is C18H17FN2O. The van der Waals surface area contributed by atoms with Crippen LogP contribution in [0.5, 0.6) is 0 Å². The molecule has 3 rings (SSSR count). The van der Waals surface area contributed by atoms with E-state index in [0.717, 1.165) is 16.6 Å². The number of likely N-dealkylation sites (N-methyl/N-ethyl adjacent to an activating group) is 1. The van der Waals surface area contributed by atoms with E-state index in [2.05, 4.69) is 4.98 Å². The SMILES string of the molecule is Cc1[nH]c2ccccc2c1C(=O)CN(C)c1ccccc1F. The summed E-state index contributed by atoms with van der Waals surface area (Å²) in [6, 6.07) is 14.2. The van der Waals surface area contributed by atoms with Crippen LogP contribution in [0.4, 0.5) is 10.1 Å². The van der Waals surface area contributed by atoms with E-state index >= 15 is 0 Å². The molecule has 0 aliphatic heterocycles. The molecule has 4 heteroatoms. The van der Waals surface area contributed by atoms with Crippen LogP contribution in [0.2, 0.25) is 0 Å². The monoisotopic (exact) mass is 296 g/mol. The van der Waals surface area contributed by atoms with E-state index < -0.39 is 0 Å². The van der Waals surface area contributed by atoms with Crippen LogP contribution in [-0.2, 0) is 0 Å². The van der Waals surface area contributed by atoms with Gasteiger partial charge in [-0.15, -0.1) is 0 Å². The van der Waals surface area contributed by atoms with Crippen molar-refractivity contribution in [2.75, 3.05) is 18.5 Å². The standard InChI is InChI=1S/C18H17FN2O/c1-12-18(13-7-3-5-9-15(13)20-12)17(22)11-21(2)16-10-6-4-8-14(16)19/h3-10,20H,11H2,1-2H3. The number of ketones is 1. The van der Waals surface area contributed by atoms with Gasteiger partial charge in [0.15, 0.2) is 5.78 Å². The predicted octanol–water partition coefficient (Wildman–Crippen LogP) is 3.93. The maximum Gasteiger partial charge on any atom is 0.184 e. The van der Waals surface area contributed by atoms with Gasteiger partial charge < -0.3 is 9.88 Å². The molecule has 0 saturated heterocycles. The molecule has 112 valence electrons. The number of aryl methyl sites for hydroxylation is 1. The number of aromatic amines is 1. The van der Waals surface area contributed by atoms with Crippen molar-refractivity contribution >= 4 is 22.4 Å². The zero-order valence-electron chi connectivity index (χ0n) is 12.6. The largest absolute Gasteiger partial charge is 0.365 e. The quantitative estimate of drug-likeness (QED) is 0.740. The molecule has 3 nitrogen and oxygen atoms in total. The molecule has 0 fully saturated rings. The lowest BCUT2D eigenvalue weighted by molar-refractivity contribution is 0.100. The van der Waals surface area contributed by atoms with Crippen molar-refractivity contribution < 1.29 is 9.18 Å². The van der Waals surface area contributed by atoms with Crippen molar-refractivity contribution in [2.45, 2.75) is 6.92 Å². The van der Waals surface area contributed by atoms with Gasteiger partial charge in [0.2, 0.25) is 0 Å². The summed E-state index contributed by atoms with van der Waals surface area (Å²) in [4.78, 5) is 17.5. The Morgan fingerprint density at radius 1 is 1.14 bits per heavy atom. The van der Waals surface area contributed by atoms with Gasteiger partial charge in [-0.3, -0.25) is 4.79 Å². The molecule has 0 saturated carbocycles. The Morgan fingerprint density at radius 2 is 1.82 bits per heavy atom. The second-order valence-electron chi connectivity index (χ2n) is 5.40. The Labute approximate surface area is 128 Å². The van der Waals surface area contributed by atoms with Crippen LogP contribution >= 0.6 is 0 Å². The highest BCUT2D eigenvalue weighted by Crippen LogP contribution is 2.24. The number of para-hydroxylation sites is 2. The molecule has 0 amide bonds. The molecule has 0 radical (unpaired) electrons. The Morgan fingerprint density at radius 3 is 2.59 bits per heavy atom. The molecule has 1 heterocycles. The summed E-state index contributed by atoms with van der Waals surface area (Å²) in [6.45, 7) is 2.01. The number of nitrogens with zero attached hydrogens (tertiary/aromatic N) is 1. The highest BCUT2D eigenvalue weighted by Gasteiger charge is 2.18. The molecule has 22 heavy (non-hydrogen) atoms. The van der Waals surface area contributed by atoms with Crippen LogP contribution in [0.1, 0.15) is 16.1 Å². The Hall–Kier alpha value is -2.62. The van der Waals surface area contributed by atoms with Crippen molar-refractivity contribution in [1.82, 2.24) is 4.98 Å². The number of nitrogens with one attached hydrogen (secondary N) is 1. The van der Waals surface area contributed by atoms with Crippen molar-refractivity contribution in [3.63, 3.8) is 0 Å². The highest BCUT2D eigenvalue weighted by atomic mass is 19.1. The zero-order chi connectivity index (χ0) is 15.7.